The Balaban J connectivity index is 1.59. The van der Waals surface area contributed by atoms with E-state index < -0.39 is 0 Å². The SMILES string of the molecule is CCCCN1C[C@@H](C(=O)Nc2ccc(C(=O)Nc3cc(Cl)ccc3OC)cc2)CC1=O. The number of nitrogens with one attached hydrogen (secondary N) is 2. The fourth-order valence-electron chi connectivity index (χ4n) is 3.43. The van der Waals surface area contributed by atoms with E-state index in [2.05, 4.69) is 17.6 Å². The smallest absolute Gasteiger partial charge is 0.255 e. The summed E-state index contributed by atoms with van der Waals surface area (Å²) in [6.45, 7) is 3.22. The Bertz CT molecular complexity index is 962. The van der Waals surface area contributed by atoms with Crippen molar-refractivity contribution in [3.8, 4) is 5.75 Å². The van der Waals surface area contributed by atoms with Crippen LogP contribution in [0.5, 0.6) is 5.75 Å². The Morgan fingerprint density at radius 3 is 2.58 bits per heavy atom. The first-order valence-corrected chi connectivity index (χ1v) is 10.6. The van der Waals surface area contributed by atoms with Gasteiger partial charge in [-0.3, -0.25) is 14.4 Å². The zero-order valence-electron chi connectivity index (χ0n) is 17.6. The molecule has 2 aromatic rings. The first kappa shape index (κ1) is 22.6. The van der Waals surface area contributed by atoms with E-state index in [0.29, 0.717) is 40.8 Å². The molecule has 0 radical (unpaired) electrons. The van der Waals surface area contributed by atoms with Gasteiger partial charge in [-0.05, 0) is 48.9 Å². The highest BCUT2D eigenvalue weighted by atomic mass is 35.5. The van der Waals surface area contributed by atoms with Gasteiger partial charge in [-0.25, -0.2) is 0 Å². The molecule has 8 heteroatoms. The molecule has 1 aliphatic heterocycles. The van der Waals surface area contributed by atoms with E-state index in [9.17, 15) is 14.4 Å². The first-order chi connectivity index (χ1) is 14.9. The van der Waals surface area contributed by atoms with Gasteiger partial charge < -0.3 is 20.3 Å². The highest BCUT2D eigenvalue weighted by Crippen LogP contribution is 2.28. The molecular formula is C23H26ClN3O4. The Hall–Kier alpha value is -3.06. The lowest BCUT2D eigenvalue weighted by Gasteiger charge is -2.16. The number of methoxy groups -OCH3 is 1. The molecule has 1 atom stereocenters. The number of amides is 3. The molecule has 0 saturated carbocycles. The van der Waals surface area contributed by atoms with Crippen molar-refractivity contribution in [1.29, 1.82) is 0 Å². The maximum absolute atomic E-state index is 12.6. The number of nitrogens with zero attached hydrogens (tertiary/aromatic N) is 1. The number of rotatable bonds is 8. The van der Waals surface area contributed by atoms with Crippen molar-refractivity contribution in [2.75, 3.05) is 30.8 Å². The molecule has 3 rings (SSSR count). The maximum atomic E-state index is 12.6. The predicted molar refractivity (Wildman–Crippen MR) is 121 cm³/mol. The fourth-order valence-corrected chi connectivity index (χ4v) is 3.61. The second-order valence-electron chi connectivity index (χ2n) is 7.46. The second-order valence-corrected chi connectivity index (χ2v) is 7.90. The van der Waals surface area contributed by atoms with Gasteiger partial charge in [-0.15, -0.1) is 0 Å². The molecule has 1 aliphatic rings. The molecule has 7 nitrogen and oxygen atoms in total. The molecule has 1 saturated heterocycles. The highest BCUT2D eigenvalue weighted by Gasteiger charge is 2.33. The van der Waals surface area contributed by atoms with Crippen LogP contribution in [0.4, 0.5) is 11.4 Å². The van der Waals surface area contributed by atoms with Crippen molar-refractivity contribution in [3.05, 3.63) is 53.1 Å². The van der Waals surface area contributed by atoms with Crippen LogP contribution in [0.3, 0.4) is 0 Å². The fraction of sp³-hybridized carbons (Fsp3) is 0.348. The van der Waals surface area contributed by atoms with Crippen LogP contribution >= 0.6 is 11.6 Å². The van der Waals surface area contributed by atoms with E-state index in [-0.39, 0.29) is 30.1 Å². The van der Waals surface area contributed by atoms with Gasteiger partial charge in [0.2, 0.25) is 11.8 Å². The third-order valence-corrected chi connectivity index (χ3v) is 5.43. The quantitative estimate of drug-likeness (QED) is 0.640. The second kappa shape index (κ2) is 10.3. The summed E-state index contributed by atoms with van der Waals surface area (Å²) in [4.78, 5) is 38.9. The summed E-state index contributed by atoms with van der Waals surface area (Å²) in [7, 11) is 1.51. The average Bonchev–Trinajstić information content (AvgIpc) is 3.13. The Kier molecular flexibility index (Phi) is 7.52. The summed E-state index contributed by atoms with van der Waals surface area (Å²) in [5.41, 5.74) is 1.46. The minimum Gasteiger partial charge on any atom is -0.495 e. The number of likely N-dealkylation sites (tertiary alicyclic amines) is 1. The summed E-state index contributed by atoms with van der Waals surface area (Å²) in [5, 5.41) is 6.09. The molecule has 31 heavy (non-hydrogen) atoms. The summed E-state index contributed by atoms with van der Waals surface area (Å²) in [6.07, 6.45) is 2.17. The molecule has 3 amide bonds. The number of hydrogen-bond donors (Lipinski definition) is 2. The molecule has 1 heterocycles. The number of hydrogen-bond acceptors (Lipinski definition) is 4. The topological polar surface area (TPSA) is 87.7 Å². The maximum Gasteiger partial charge on any atom is 0.255 e. The van der Waals surface area contributed by atoms with Crippen molar-refractivity contribution in [3.63, 3.8) is 0 Å². The van der Waals surface area contributed by atoms with Crippen LogP contribution in [0, 0.1) is 5.92 Å². The van der Waals surface area contributed by atoms with E-state index in [4.69, 9.17) is 16.3 Å². The van der Waals surface area contributed by atoms with Crippen LogP contribution in [0.2, 0.25) is 5.02 Å². The van der Waals surface area contributed by atoms with E-state index in [1.54, 1.807) is 47.4 Å². The van der Waals surface area contributed by atoms with Gasteiger partial charge in [0.15, 0.2) is 0 Å². The Labute approximate surface area is 186 Å². The molecule has 0 spiro atoms. The van der Waals surface area contributed by atoms with Gasteiger partial charge in [0.05, 0.1) is 18.7 Å². The molecular weight excluding hydrogens is 418 g/mol. The van der Waals surface area contributed by atoms with Crippen molar-refractivity contribution < 1.29 is 19.1 Å². The number of carbonyl (C=O) groups is 3. The predicted octanol–water partition coefficient (Wildman–Crippen LogP) is 4.19. The monoisotopic (exact) mass is 443 g/mol. The number of unbranched alkanes of at least 4 members (excludes halogenated alkanes) is 1. The number of ether oxygens (including phenoxy) is 1. The molecule has 0 aliphatic carbocycles. The third-order valence-electron chi connectivity index (χ3n) is 5.19. The molecule has 2 N–H and O–H groups in total. The van der Waals surface area contributed by atoms with Gasteiger partial charge in [-0.2, -0.15) is 0 Å². The van der Waals surface area contributed by atoms with Crippen molar-refractivity contribution in [1.82, 2.24) is 4.90 Å². The first-order valence-electron chi connectivity index (χ1n) is 10.2. The summed E-state index contributed by atoms with van der Waals surface area (Å²) in [6, 6.07) is 11.5. The van der Waals surface area contributed by atoms with E-state index >= 15 is 0 Å². The van der Waals surface area contributed by atoms with Gasteiger partial charge in [0.25, 0.3) is 5.91 Å². The molecule has 0 bridgehead atoms. The van der Waals surface area contributed by atoms with Crippen molar-refractivity contribution in [2.24, 2.45) is 5.92 Å². The third kappa shape index (κ3) is 5.76. The van der Waals surface area contributed by atoms with E-state index in [0.717, 1.165) is 12.8 Å². The van der Waals surface area contributed by atoms with E-state index in [1.807, 2.05) is 0 Å². The summed E-state index contributed by atoms with van der Waals surface area (Å²) in [5.74, 6) is -0.347. The van der Waals surface area contributed by atoms with Crippen LogP contribution in [0.25, 0.3) is 0 Å². The van der Waals surface area contributed by atoms with Crippen LogP contribution in [0.15, 0.2) is 42.5 Å². The molecule has 164 valence electrons. The number of benzene rings is 2. The zero-order valence-corrected chi connectivity index (χ0v) is 18.4. The normalized spacial score (nSPS) is 15.6. The molecule has 0 unspecified atom stereocenters. The minimum atomic E-state index is -0.359. The number of carbonyl (C=O) groups excluding carboxylic acids is 3. The largest absolute Gasteiger partial charge is 0.495 e. The standard InChI is InChI=1S/C23H26ClN3O4/c1-3-4-11-27-14-16(12-21(27)28)23(30)25-18-8-5-15(6-9-18)22(29)26-19-13-17(24)7-10-20(19)31-2/h5-10,13,16H,3-4,11-12,14H2,1-2H3,(H,25,30)(H,26,29)/t16-/m0/s1. The van der Waals surface area contributed by atoms with Gasteiger partial charge in [0, 0.05) is 35.8 Å². The lowest BCUT2D eigenvalue weighted by molar-refractivity contribution is -0.128. The summed E-state index contributed by atoms with van der Waals surface area (Å²) < 4.78 is 5.24. The number of halogens is 1. The van der Waals surface area contributed by atoms with Gasteiger partial charge >= 0.3 is 0 Å². The minimum absolute atomic E-state index is 0.0251. The van der Waals surface area contributed by atoms with E-state index in [1.165, 1.54) is 7.11 Å². The average molecular weight is 444 g/mol. The van der Waals surface area contributed by atoms with Crippen LogP contribution < -0.4 is 15.4 Å². The lowest BCUT2D eigenvalue weighted by atomic mass is 10.1. The molecule has 1 fully saturated rings. The van der Waals surface area contributed by atoms with Gasteiger partial charge in [-0.1, -0.05) is 24.9 Å². The summed E-state index contributed by atoms with van der Waals surface area (Å²) >= 11 is 6.00. The van der Waals surface area contributed by atoms with Crippen LogP contribution in [-0.2, 0) is 9.59 Å². The lowest BCUT2D eigenvalue weighted by Crippen LogP contribution is -2.29. The van der Waals surface area contributed by atoms with Crippen LogP contribution in [-0.4, -0.2) is 42.8 Å². The van der Waals surface area contributed by atoms with Crippen LogP contribution in [0.1, 0.15) is 36.5 Å². The Morgan fingerprint density at radius 1 is 1.16 bits per heavy atom. The van der Waals surface area contributed by atoms with Crippen molar-refractivity contribution >= 4 is 40.7 Å². The molecule has 2 aromatic carbocycles. The Morgan fingerprint density at radius 2 is 1.90 bits per heavy atom. The molecule has 0 aromatic heterocycles. The van der Waals surface area contributed by atoms with Gasteiger partial charge in [0.1, 0.15) is 5.75 Å². The number of anilines is 2. The zero-order chi connectivity index (χ0) is 22.4. The highest BCUT2D eigenvalue weighted by molar-refractivity contribution is 6.31. The van der Waals surface area contributed by atoms with Crippen molar-refractivity contribution in [2.45, 2.75) is 26.2 Å².